The van der Waals surface area contributed by atoms with Gasteiger partial charge in [0.2, 0.25) is 0 Å². The molecule has 0 rings (SSSR count). The van der Waals surface area contributed by atoms with Gasteiger partial charge < -0.3 is 0 Å². The van der Waals surface area contributed by atoms with Gasteiger partial charge in [-0.2, -0.15) is 4.91 Å². The number of hydrogen-bond donors (Lipinski definition) is 0. The Hall–Kier alpha value is -0.660. The van der Waals surface area contributed by atoms with Crippen molar-refractivity contribution in [3.8, 4) is 0 Å². The molecular weight excluding hydrogens is 222 g/mol. The molecule has 0 aromatic carbocycles. The molecule has 0 fully saturated rings. The lowest BCUT2D eigenvalue weighted by atomic mass is 9.88. The highest BCUT2D eigenvalue weighted by Crippen LogP contribution is 2.26. The molecule has 0 aliphatic carbocycles. The van der Waals surface area contributed by atoms with Crippen LogP contribution in [0.15, 0.2) is 17.3 Å². The molecule has 0 bridgehead atoms. The average molecular weight is 253 g/mol. The number of hydrogen-bond acceptors (Lipinski definition) is 2. The molecule has 0 aliphatic heterocycles. The molecular formula is C16H31NO. The second-order valence-electron chi connectivity index (χ2n) is 5.84. The number of unbranched alkanes of at least 4 members (excludes halogenated alkanes) is 1. The van der Waals surface area contributed by atoms with Crippen molar-refractivity contribution >= 4 is 0 Å². The summed E-state index contributed by atoms with van der Waals surface area (Å²) in [6, 6.07) is 0. The molecule has 2 unspecified atom stereocenters. The van der Waals surface area contributed by atoms with E-state index in [1.165, 1.54) is 25.7 Å². The summed E-state index contributed by atoms with van der Waals surface area (Å²) in [6.45, 7) is 8.57. The van der Waals surface area contributed by atoms with E-state index < -0.39 is 0 Å². The van der Waals surface area contributed by atoms with Crippen LogP contribution in [-0.2, 0) is 0 Å². The van der Waals surface area contributed by atoms with Crippen molar-refractivity contribution in [2.24, 2.45) is 11.1 Å². The summed E-state index contributed by atoms with van der Waals surface area (Å²) in [5.41, 5.74) is -0.357. The zero-order valence-electron chi connectivity index (χ0n) is 12.7. The van der Waals surface area contributed by atoms with Gasteiger partial charge in [-0.15, -0.1) is 0 Å². The highest BCUT2D eigenvalue weighted by atomic mass is 16.3. The van der Waals surface area contributed by atoms with E-state index in [2.05, 4.69) is 25.1 Å². The van der Waals surface area contributed by atoms with Crippen LogP contribution in [0.4, 0.5) is 0 Å². The van der Waals surface area contributed by atoms with Crippen LogP contribution in [0.1, 0.15) is 79.1 Å². The van der Waals surface area contributed by atoms with E-state index in [9.17, 15) is 4.91 Å². The first-order valence-electron chi connectivity index (χ1n) is 7.53. The molecule has 0 heterocycles. The first-order valence-corrected chi connectivity index (χ1v) is 7.53. The molecule has 0 spiro atoms. The largest absolute Gasteiger partial charge is 0.150 e. The Balaban J connectivity index is 3.87. The van der Waals surface area contributed by atoms with E-state index >= 15 is 0 Å². The fraction of sp³-hybridized carbons (Fsp3) is 0.875. The monoisotopic (exact) mass is 253 g/mol. The molecule has 106 valence electrons. The van der Waals surface area contributed by atoms with Gasteiger partial charge >= 0.3 is 0 Å². The molecule has 0 aromatic heterocycles. The lowest BCUT2D eigenvalue weighted by Gasteiger charge is -2.21. The van der Waals surface area contributed by atoms with Crippen LogP contribution in [-0.4, -0.2) is 5.54 Å². The predicted molar refractivity (Wildman–Crippen MR) is 80.8 cm³/mol. The molecule has 0 saturated heterocycles. The van der Waals surface area contributed by atoms with Crippen molar-refractivity contribution in [3.05, 3.63) is 17.1 Å². The summed E-state index contributed by atoms with van der Waals surface area (Å²) in [4.78, 5) is 11.0. The maximum atomic E-state index is 11.0. The molecule has 2 atom stereocenters. The smallest absolute Gasteiger partial charge is 0.100 e. The molecule has 0 N–H and O–H groups in total. The summed E-state index contributed by atoms with van der Waals surface area (Å²) < 4.78 is 0. The van der Waals surface area contributed by atoms with Crippen LogP contribution in [0.3, 0.4) is 0 Å². The third-order valence-electron chi connectivity index (χ3n) is 3.77. The zero-order chi connectivity index (χ0) is 13.9. The third-order valence-corrected chi connectivity index (χ3v) is 3.77. The quantitative estimate of drug-likeness (QED) is 0.335. The van der Waals surface area contributed by atoms with Crippen molar-refractivity contribution in [1.82, 2.24) is 0 Å². The van der Waals surface area contributed by atoms with Gasteiger partial charge in [0.25, 0.3) is 0 Å². The summed E-state index contributed by atoms with van der Waals surface area (Å²) in [6.07, 6.45) is 13.2. The topological polar surface area (TPSA) is 29.4 Å². The molecule has 2 heteroatoms. The van der Waals surface area contributed by atoms with E-state index in [1.54, 1.807) is 0 Å². The minimum Gasteiger partial charge on any atom is -0.150 e. The van der Waals surface area contributed by atoms with Crippen molar-refractivity contribution in [2.45, 2.75) is 84.6 Å². The van der Waals surface area contributed by atoms with Gasteiger partial charge in [0.1, 0.15) is 5.54 Å². The highest BCUT2D eigenvalue weighted by molar-refractivity contribution is 4.87. The molecule has 0 amide bonds. The Kier molecular flexibility index (Phi) is 9.90. The number of nitrogens with zero attached hydrogens (tertiary/aromatic N) is 1. The molecule has 0 aromatic rings. The Morgan fingerprint density at radius 2 is 1.89 bits per heavy atom. The molecule has 0 saturated carbocycles. The van der Waals surface area contributed by atoms with Gasteiger partial charge in [-0.3, -0.25) is 0 Å². The van der Waals surface area contributed by atoms with Gasteiger partial charge in [-0.25, -0.2) is 0 Å². The minimum absolute atomic E-state index is 0.357. The third kappa shape index (κ3) is 8.43. The number of allylic oxidation sites excluding steroid dienone is 2. The van der Waals surface area contributed by atoms with Crippen LogP contribution < -0.4 is 0 Å². The van der Waals surface area contributed by atoms with E-state index in [1.807, 2.05) is 19.9 Å². The maximum absolute atomic E-state index is 11.0. The number of nitroso groups, excluding NO2 is 1. The first kappa shape index (κ1) is 17.3. The Labute approximate surface area is 113 Å². The Morgan fingerprint density at radius 3 is 2.44 bits per heavy atom. The molecule has 0 radical (unpaired) electrons. The van der Waals surface area contributed by atoms with Crippen LogP contribution >= 0.6 is 0 Å². The van der Waals surface area contributed by atoms with Crippen LogP contribution in [0.5, 0.6) is 0 Å². The number of rotatable bonds is 11. The Morgan fingerprint density at radius 1 is 1.22 bits per heavy atom. The fourth-order valence-corrected chi connectivity index (χ4v) is 2.31. The summed E-state index contributed by atoms with van der Waals surface area (Å²) in [5.74, 6) is 0.788. The average Bonchev–Trinajstić information content (AvgIpc) is 2.36. The zero-order valence-corrected chi connectivity index (χ0v) is 12.7. The van der Waals surface area contributed by atoms with Crippen molar-refractivity contribution in [3.63, 3.8) is 0 Å². The molecule has 2 nitrogen and oxygen atoms in total. The highest BCUT2D eigenvalue weighted by Gasteiger charge is 2.24. The maximum Gasteiger partial charge on any atom is 0.100 e. The standard InChI is InChI=1S/C16H31NO/c1-5-7-9-13-16(4,17-18)14-10-12-15(3)11-8-6-2/h5,7,15H,6,8-14H2,1-4H3/b7-5-. The van der Waals surface area contributed by atoms with Crippen LogP contribution in [0.25, 0.3) is 0 Å². The van der Waals surface area contributed by atoms with Crippen molar-refractivity contribution in [1.29, 1.82) is 0 Å². The van der Waals surface area contributed by atoms with E-state index in [4.69, 9.17) is 0 Å². The van der Waals surface area contributed by atoms with Gasteiger partial charge in [0.15, 0.2) is 0 Å². The van der Waals surface area contributed by atoms with E-state index in [-0.39, 0.29) is 5.54 Å². The van der Waals surface area contributed by atoms with Gasteiger partial charge in [0.05, 0.1) is 0 Å². The Bertz CT molecular complexity index is 237. The second-order valence-corrected chi connectivity index (χ2v) is 5.84. The summed E-state index contributed by atoms with van der Waals surface area (Å²) >= 11 is 0. The lowest BCUT2D eigenvalue weighted by Crippen LogP contribution is -2.21. The normalized spacial score (nSPS) is 16.7. The second kappa shape index (κ2) is 10.3. The first-order chi connectivity index (χ1) is 8.58. The minimum atomic E-state index is -0.357. The lowest BCUT2D eigenvalue weighted by molar-refractivity contribution is 0.359. The molecule has 0 aliphatic rings. The van der Waals surface area contributed by atoms with Crippen LogP contribution in [0.2, 0.25) is 0 Å². The SMILES string of the molecule is C/C=C\CCC(C)(CCCC(C)CCCC)N=O. The van der Waals surface area contributed by atoms with E-state index in [0.717, 1.165) is 31.6 Å². The van der Waals surface area contributed by atoms with Gasteiger partial charge in [-0.1, -0.05) is 63.3 Å². The van der Waals surface area contributed by atoms with Gasteiger partial charge in [0, 0.05) is 0 Å². The van der Waals surface area contributed by atoms with Crippen molar-refractivity contribution < 1.29 is 0 Å². The summed E-state index contributed by atoms with van der Waals surface area (Å²) in [7, 11) is 0. The van der Waals surface area contributed by atoms with Gasteiger partial charge in [-0.05, 0) is 39.0 Å². The predicted octanol–water partition coefficient (Wildman–Crippen LogP) is 5.86. The molecule has 18 heavy (non-hydrogen) atoms. The fourth-order valence-electron chi connectivity index (χ4n) is 2.31. The van der Waals surface area contributed by atoms with Crippen molar-refractivity contribution in [2.75, 3.05) is 0 Å². The van der Waals surface area contributed by atoms with Crippen LogP contribution in [0, 0.1) is 10.8 Å². The van der Waals surface area contributed by atoms with E-state index in [0.29, 0.717) is 0 Å². The summed E-state index contributed by atoms with van der Waals surface area (Å²) in [5, 5.41) is 3.37.